The topological polar surface area (TPSA) is 66.8 Å². The van der Waals surface area contributed by atoms with E-state index in [0.29, 0.717) is 6.42 Å². The average Bonchev–Trinajstić information content (AvgIpc) is 2.42. The monoisotopic (exact) mass is 272 g/mol. The molecular formula is C15H28O4. The van der Waals surface area contributed by atoms with Gasteiger partial charge in [-0.1, -0.05) is 38.3 Å². The molecule has 2 N–H and O–H groups in total. The Balaban J connectivity index is 3.29. The van der Waals surface area contributed by atoms with Crippen LogP contribution in [0.15, 0.2) is 12.2 Å². The van der Waals surface area contributed by atoms with Crippen LogP contribution in [-0.2, 0) is 9.53 Å². The van der Waals surface area contributed by atoms with E-state index in [0.717, 1.165) is 32.1 Å². The summed E-state index contributed by atoms with van der Waals surface area (Å²) in [5, 5.41) is 17.6. The summed E-state index contributed by atoms with van der Waals surface area (Å²) < 4.78 is 4.80. The van der Waals surface area contributed by atoms with Crippen molar-refractivity contribution in [3.8, 4) is 0 Å². The summed E-state index contributed by atoms with van der Waals surface area (Å²) in [5.41, 5.74) is 0. The van der Waals surface area contributed by atoms with Crippen LogP contribution in [0.5, 0.6) is 0 Å². The maximum atomic E-state index is 11.2. The quantitative estimate of drug-likeness (QED) is 0.325. The smallest absolute Gasteiger partial charge is 0.305 e. The van der Waals surface area contributed by atoms with Crippen molar-refractivity contribution in [2.45, 2.75) is 64.4 Å². The maximum Gasteiger partial charge on any atom is 0.305 e. The number of rotatable bonds is 12. The molecule has 0 radical (unpaired) electrons. The predicted molar refractivity (Wildman–Crippen MR) is 75.8 cm³/mol. The van der Waals surface area contributed by atoms with Gasteiger partial charge in [-0.25, -0.2) is 0 Å². The molecule has 0 aliphatic carbocycles. The number of allylic oxidation sites excluding steroid dienone is 2. The first-order chi connectivity index (χ1) is 9.20. The average molecular weight is 272 g/mol. The van der Waals surface area contributed by atoms with Gasteiger partial charge >= 0.3 is 5.97 Å². The number of esters is 1. The Morgan fingerprint density at radius 1 is 1.16 bits per heavy atom. The van der Waals surface area contributed by atoms with Crippen LogP contribution in [0.4, 0.5) is 0 Å². The fourth-order valence-electron chi connectivity index (χ4n) is 1.58. The first-order valence-electron chi connectivity index (χ1n) is 7.30. The third-order valence-corrected chi connectivity index (χ3v) is 2.79. The summed E-state index contributed by atoms with van der Waals surface area (Å²) in [6.07, 6.45) is 11.5. The molecule has 4 heteroatoms. The van der Waals surface area contributed by atoms with E-state index in [-0.39, 0.29) is 19.2 Å². The Bertz CT molecular complexity index is 238. The molecule has 0 spiro atoms. The number of unbranched alkanes of at least 4 members (excludes halogenated alkanes) is 5. The van der Waals surface area contributed by atoms with E-state index >= 15 is 0 Å². The molecule has 0 heterocycles. The maximum absolute atomic E-state index is 11.2. The second-order valence-electron chi connectivity index (χ2n) is 4.73. The number of hydrogen-bond acceptors (Lipinski definition) is 4. The highest BCUT2D eigenvalue weighted by Crippen LogP contribution is 2.06. The minimum atomic E-state index is -0.961. The number of carbonyl (C=O) groups is 1. The van der Waals surface area contributed by atoms with Gasteiger partial charge < -0.3 is 14.9 Å². The molecule has 0 aliphatic heterocycles. The van der Waals surface area contributed by atoms with Crippen molar-refractivity contribution in [1.29, 1.82) is 0 Å². The van der Waals surface area contributed by atoms with E-state index in [2.05, 4.69) is 19.1 Å². The lowest BCUT2D eigenvalue weighted by atomic mass is 10.1. The molecule has 0 fully saturated rings. The molecule has 112 valence electrons. The molecule has 0 aliphatic rings. The highest BCUT2D eigenvalue weighted by Gasteiger charge is 2.06. The third kappa shape index (κ3) is 13.4. The molecule has 0 aromatic rings. The predicted octanol–water partition coefficient (Wildman–Crippen LogP) is 2.58. The van der Waals surface area contributed by atoms with Gasteiger partial charge in [0.15, 0.2) is 0 Å². The van der Waals surface area contributed by atoms with E-state index in [9.17, 15) is 4.79 Å². The van der Waals surface area contributed by atoms with E-state index in [1.165, 1.54) is 12.8 Å². The van der Waals surface area contributed by atoms with E-state index in [4.69, 9.17) is 14.9 Å². The number of ether oxygens (including phenoxy) is 1. The summed E-state index contributed by atoms with van der Waals surface area (Å²) in [6, 6.07) is 0. The van der Waals surface area contributed by atoms with Gasteiger partial charge in [0.2, 0.25) is 0 Å². The van der Waals surface area contributed by atoms with Gasteiger partial charge in [0.1, 0.15) is 12.7 Å². The normalized spacial score (nSPS) is 12.8. The number of hydrogen-bond donors (Lipinski definition) is 2. The second-order valence-corrected chi connectivity index (χ2v) is 4.73. The zero-order valence-corrected chi connectivity index (χ0v) is 12.0. The molecule has 1 atom stereocenters. The molecule has 0 saturated heterocycles. The number of aliphatic hydroxyl groups excluding tert-OH is 2. The highest BCUT2D eigenvalue weighted by atomic mass is 16.5. The Hall–Kier alpha value is -0.870. The van der Waals surface area contributed by atoms with Crippen LogP contribution >= 0.6 is 0 Å². The van der Waals surface area contributed by atoms with Gasteiger partial charge in [-0.3, -0.25) is 4.79 Å². The third-order valence-electron chi connectivity index (χ3n) is 2.79. The summed E-state index contributed by atoms with van der Waals surface area (Å²) in [5.74, 6) is -0.300. The van der Waals surface area contributed by atoms with Gasteiger partial charge in [0, 0.05) is 6.42 Å². The molecule has 0 bridgehead atoms. The summed E-state index contributed by atoms with van der Waals surface area (Å²) in [4.78, 5) is 11.2. The Morgan fingerprint density at radius 3 is 2.47 bits per heavy atom. The van der Waals surface area contributed by atoms with Gasteiger partial charge in [0.05, 0.1) is 6.61 Å². The first-order valence-corrected chi connectivity index (χ1v) is 7.30. The molecule has 4 nitrogen and oxygen atoms in total. The summed E-state index contributed by atoms with van der Waals surface area (Å²) in [6.45, 7) is 1.69. The Morgan fingerprint density at radius 2 is 1.84 bits per heavy atom. The second kappa shape index (κ2) is 13.6. The van der Waals surface area contributed by atoms with Crippen molar-refractivity contribution in [3.05, 3.63) is 12.2 Å². The van der Waals surface area contributed by atoms with Crippen LogP contribution in [0.3, 0.4) is 0 Å². The molecular weight excluding hydrogens is 244 g/mol. The van der Waals surface area contributed by atoms with E-state index in [1.54, 1.807) is 0 Å². The lowest BCUT2D eigenvalue weighted by Crippen LogP contribution is -2.21. The molecule has 0 aromatic carbocycles. The van der Waals surface area contributed by atoms with Crippen molar-refractivity contribution in [1.82, 2.24) is 0 Å². The lowest BCUT2D eigenvalue weighted by Gasteiger charge is -2.08. The fourth-order valence-corrected chi connectivity index (χ4v) is 1.58. The summed E-state index contributed by atoms with van der Waals surface area (Å²) >= 11 is 0. The number of aliphatic hydroxyl groups is 2. The lowest BCUT2D eigenvalue weighted by molar-refractivity contribution is -0.147. The van der Waals surface area contributed by atoms with Crippen molar-refractivity contribution in [2.24, 2.45) is 0 Å². The first kappa shape index (κ1) is 18.1. The van der Waals surface area contributed by atoms with E-state index < -0.39 is 6.10 Å². The van der Waals surface area contributed by atoms with Crippen LogP contribution in [-0.4, -0.2) is 35.5 Å². The Labute approximate surface area is 116 Å². The minimum absolute atomic E-state index is 0.116. The molecule has 0 unspecified atom stereocenters. The van der Waals surface area contributed by atoms with Crippen molar-refractivity contribution in [2.75, 3.05) is 13.2 Å². The number of carbonyl (C=O) groups excluding carboxylic acids is 1. The van der Waals surface area contributed by atoms with Gasteiger partial charge in [-0.05, 0) is 25.7 Å². The van der Waals surface area contributed by atoms with Gasteiger partial charge in [-0.2, -0.15) is 0 Å². The van der Waals surface area contributed by atoms with Gasteiger partial charge in [-0.15, -0.1) is 0 Å². The highest BCUT2D eigenvalue weighted by molar-refractivity contribution is 5.69. The molecule has 0 rings (SSSR count). The van der Waals surface area contributed by atoms with Crippen LogP contribution < -0.4 is 0 Å². The molecule has 19 heavy (non-hydrogen) atoms. The minimum Gasteiger partial charge on any atom is -0.463 e. The van der Waals surface area contributed by atoms with Crippen LogP contribution in [0.2, 0.25) is 0 Å². The van der Waals surface area contributed by atoms with Gasteiger partial charge in [0.25, 0.3) is 0 Å². The molecule has 0 amide bonds. The SMILES string of the molecule is CCCC/C=C\CCCCCC(=O)OC[C@H](O)CO. The van der Waals surface area contributed by atoms with Crippen LogP contribution in [0.1, 0.15) is 58.3 Å². The van der Waals surface area contributed by atoms with Crippen LogP contribution in [0.25, 0.3) is 0 Å². The van der Waals surface area contributed by atoms with E-state index in [1.807, 2.05) is 0 Å². The molecule has 0 saturated carbocycles. The summed E-state index contributed by atoms with van der Waals surface area (Å²) in [7, 11) is 0. The molecule has 0 aromatic heterocycles. The van der Waals surface area contributed by atoms with Crippen molar-refractivity contribution >= 4 is 5.97 Å². The van der Waals surface area contributed by atoms with Crippen LogP contribution in [0, 0.1) is 0 Å². The van der Waals surface area contributed by atoms with Crippen molar-refractivity contribution in [3.63, 3.8) is 0 Å². The fraction of sp³-hybridized carbons (Fsp3) is 0.800. The zero-order valence-electron chi connectivity index (χ0n) is 12.0. The Kier molecular flexibility index (Phi) is 12.9. The largest absolute Gasteiger partial charge is 0.463 e. The zero-order chi connectivity index (χ0) is 14.3. The van der Waals surface area contributed by atoms with Crippen molar-refractivity contribution < 1.29 is 19.7 Å². The standard InChI is InChI=1S/C15H28O4/c1-2-3-4-5-6-7-8-9-10-11-15(18)19-13-14(17)12-16/h5-6,14,16-17H,2-4,7-13H2,1H3/b6-5-/t14-/m1/s1.